The maximum atomic E-state index is 3.84. The molecular weight excluding hydrogens is 356 g/mol. The molecule has 0 aromatic carbocycles. The Balaban J connectivity index is 4.01. The molecule has 0 fully saturated rings. The molecule has 0 atom stereocenters. The highest BCUT2D eigenvalue weighted by Crippen LogP contribution is 2.35. The lowest BCUT2D eigenvalue weighted by molar-refractivity contribution is 1.70. The summed E-state index contributed by atoms with van der Waals surface area (Å²) < 4.78 is -1.39. The number of hydrogen-bond acceptors (Lipinski definition) is 0. The van der Waals surface area contributed by atoms with E-state index in [1.807, 2.05) is 0 Å². The molecule has 0 saturated heterocycles. The van der Waals surface area contributed by atoms with Crippen LogP contribution in [0.25, 0.3) is 0 Å². The molecule has 0 N–H and O–H groups in total. The predicted octanol–water partition coefficient (Wildman–Crippen LogP) is 4.08. The maximum absolute atomic E-state index is 3.84. The summed E-state index contributed by atoms with van der Waals surface area (Å²) in [4.78, 5) is 0. The second-order valence-corrected chi connectivity index (χ2v) is 31.8. The number of halogens is 3. The van der Waals surface area contributed by atoms with Crippen molar-refractivity contribution in [1.29, 1.82) is 0 Å². The minimum Gasteiger partial charge on any atom is -0.107 e. The van der Waals surface area contributed by atoms with Crippen molar-refractivity contribution in [2.45, 2.75) is 18.8 Å². The summed E-state index contributed by atoms with van der Waals surface area (Å²) in [5, 5.41) is 0. The Labute approximate surface area is 88.2 Å². The first-order chi connectivity index (χ1) is 4.27. The Kier molecular flexibility index (Phi) is 4.67. The van der Waals surface area contributed by atoms with Crippen LogP contribution in [0.5, 0.6) is 0 Å². The third-order valence-corrected chi connectivity index (χ3v) is 15.1. The van der Waals surface area contributed by atoms with E-state index in [1.54, 1.807) is 0 Å². The van der Waals surface area contributed by atoms with Crippen LogP contribution < -0.4 is 0 Å². The van der Waals surface area contributed by atoms with E-state index >= 15 is 0 Å². The third kappa shape index (κ3) is 6.33. The van der Waals surface area contributed by atoms with Gasteiger partial charge in [0, 0.05) is 0 Å². The van der Waals surface area contributed by atoms with E-state index < -0.39 is 12.0 Å². The van der Waals surface area contributed by atoms with Crippen molar-refractivity contribution in [2.24, 2.45) is 0 Å². The molecule has 0 aliphatic carbocycles. The largest absolute Gasteiger partial charge is 0.265 e. The quantitative estimate of drug-likeness (QED) is 0.521. The van der Waals surface area contributed by atoms with Gasteiger partial charge in [-0.15, -0.1) is 12.3 Å². The molecule has 0 aromatic rings. The van der Waals surface area contributed by atoms with Gasteiger partial charge in [-0.25, -0.2) is 0 Å². The van der Waals surface area contributed by atoms with Crippen molar-refractivity contribution in [3.05, 3.63) is 12.3 Å². The molecule has 0 amide bonds. The monoisotopic (exact) mass is 364 g/mol. The lowest BCUT2D eigenvalue weighted by Gasteiger charge is -2.21. The second kappa shape index (κ2) is 4.02. The summed E-state index contributed by atoms with van der Waals surface area (Å²) in [7, 11) is -1.13. The van der Waals surface area contributed by atoms with Gasteiger partial charge in [0.1, 0.15) is 0 Å². The van der Waals surface area contributed by atoms with E-state index in [-0.39, 0.29) is 0 Å². The van der Waals surface area contributed by atoms with Crippen LogP contribution in [0.15, 0.2) is 12.3 Å². The van der Waals surface area contributed by atoms with Crippen molar-refractivity contribution in [2.75, 3.05) is 0 Å². The highest BCUT2D eigenvalue weighted by molar-refractivity contribution is 9.72. The molecule has 0 radical (unpaired) electrons. The smallest absolute Gasteiger partial charge is 0.107 e. The standard InChI is InChI=1S/C5H11Br3Si2/c1-4-9(2,3)5-10(6,7)8/h4H,1,5H2,2-3H3. The average molecular weight is 367 g/mol. The Morgan fingerprint density at radius 3 is 1.80 bits per heavy atom. The molecule has 0 bridgehead atoms. The van der Waals surface area contributed by atoms with Crippen LogP contribution in [0.1, 0.15) is 0 Å². The Hall–Kier alpha value is 1.61. The zero-order valence-corrected chi connectivity index (χ0v) is 12.9. The minimum absolute atomic E-state index is 1.13. The molecule has 0 saturated carbocycles. The van der Waals surface area contributed by atoms with Gasteiger partial charge in [0.25, 0.3) is 3.93 Å². The van der Waals surface area contributed by atoms with Crippen LogP contribution in [0.2, 0.25) is 18.8 Å². The van der Waals surface area contributed by atoms with Crippen molar-refractivity contribution < 1.29 is 0 Å². The fourth-order valence-corrected chi connectivity index (χ4v) is 24.8. The second-order valence-electron chi connectivity index (χ2n) is 2.98. The number of hydrogen-bond donors (Lipinski definition) is 0. The summed E-state index contributed by atoms with van der Waals surface area (Å²) in [5.41, 5.74) is 3.35. The zero-order valence-electron chi connectivity index (χ0n) is 6.13. The van der Waals surface area contributed by atoms with Gasteiger partial charge in [0.05, 0.1) is 8.07 Å². The van der Waals surface area contributed by atoms with Crippen molar-refractivity contribution in [3.63, 3.8) is 0 Å². The van der Waals surface area contributed by atoms with Gasteiger partial charge in [-0.3, -0.25) is 0 Å². The normalized spacial score (nSPS) is 13.3. The zero-order chi connectivity index (χ0) is 8.41. The summed E-state index contributed by atoms with van der Waals surface area (Å²) in [6.45, 7) is 8.46. The van der Waals surface area contributed by atoms with Gasteiger partial charge >= 0.3 is 0 Å². The molecule has 60 valence electrons. The first-order valence-electron chi connectivity index (χ1n) is 2.97. The third-order valence-electron chi connectivity index (χ3n) is 1.21. The SMILES string of the molecule is C=C[Si](C)(C)C[Si](Br)(Br)Br. The summed E-state index contributed by atoms with van der Waals surface area (Å²) in [6.07, 6.45) is 0. The molecule has 0 unspecified atom stereocenters. The molecule has 0 aliphatic rings. The summed E-state index contributed by atoms with van der Waals surface area (Å²) >= 11 is 10.8. The van der Waals surface area contributed by atoms with Crippen LogP contribution in [0, 0.1) is 0 Å². The molecule has 5 heteroatoms. The van der Waals surface area contributed by atoms with Crippen LogP contribution in [-0.2, 0) is 0 Å². The maximum Gasteiger partial charge on any atom is 0.265 e. The number of rotatable bonds is 3. The molecule has 0 heterocycles. The molecule has 0 aliphatic heterocycles. The average Bonchev–Trinajstić information content (AvgIpc) is 1.60. The van der Waals surface area contributed by atoms with Crippen molar-refractivity contribution >= 4 is 57.9 Å². The van der Waals surface area contributed by atoms with Gasteiger partial charge in [-0.2, -0.15) is 0 Å². The molecule has 10 heavy (non-hydrogen) atoms. The van der Waals surface area contributed by atoms with Gasteiger partial charge in [0.15, 0.2) is 0 Å². The molecule has 0 aromatic heterocycles. The Morgan fingerprint density at radius 2 is 1.70 bits per heavy atom. The fourth-order valence-electron chi connectivity index (χ4n) is 0.589. The van der Waals surface area contributed by atoms with Crippen LogP contribution in [0.3, 0.4) is 0 Å². The molecular formula is C5H11Br3Si2. The predicted molar refractivity (Wildman–Crippen MR) is 65.0 cm³/mol. The lowest BCUT2D eigenvalue weighted by atomic mass is 11.3. The van der Waals surface area contributed by atoms with E-state index in [2.05, 4.69) is 71.2 Å². The summed E-state index contributed by atoms with van der Waals surface area (Å²) in [5.74, 6) is 0. The highest BCUT2D eigenvalue weighted by atomic mass is 80.0. The Morgan fingerprint density at radius 1 is 1.30 bits per heavy atom. The van der Waals surface area contributed by atoms with Crippen molar-refractivity contribution in [3.8, 4) is 0 Å². The Bertz CT molecular complexity index is 127. The van der Waals surface area contributed by atoms with E-state index in [0.717, 1.165) is 0 Å². The lowest BCUT2D eigenvalue weighted by Crippen LogP contribution is -2.30. The molecule has 0 spiro atoms. The summed E-state index contributed by atoms with van der Waals surface area (Å²) in [6, 6.07) is 0. The van der Waals surface area contributed by atoms with Gasteiger partial charge < -0.3 is 0 Å². The van der Waals surface area contributed by atoms with Crippen LogP contribution in [0.4, 0.5) is 0 Å². The van der Waals surface area contributed by atoms with Gasteiger partial charge in [0.2, 0.25) is 0 Å². The van der Waals surface area contributed by atoms with Gasteiger partial charge in [-0.05, 0) is 5.67 Å². The topological polar surface area (TPSA) is 0 Å². The van der Waals surface area contributed by atoms with Crippen molar-refractivity contribution in [1.82, 2.24) is 0 Å². The minimum atomic E-state index is -1.39. The van der Waals surface area contributed by atoms with Crippen LogP contribution >= 0.6 is 45.9 Å². The van der Waals surface area contributed by atoms with Crippen LogP contribution in [-0.4, -0.2) is 12.0 Å². The molecule has 0 rings (SSSR count). The van der Waals surface area contributed by atoms with E-state index in [0.29, 0.717) is 0 Å². The van der Waals surface area contributed by atoms with E-state index in [9.17, 15) is 0 Å². The first-order valence-corrected chi connectivity index (χ1v) is 15.2. The molecule has 0 nitrogen and oxygen atoms in total. The fraction of sp³-hybridized carbons (Fsp3) is 0.600. The van der Waals surface area contributed by atoms with E-state index in [1.165, 1.54) is 5.67 Å². The first kappa shape index (κ1) is 11.6. The van der Waals surface area contributed by atoms with E-state index in [4.69, 9.17) is 0 Å². The van der Waals surface area contributed by atoms with Gasteiger partial charge in [-0.1, -0.05) is 59.0 Å². The highest BCUT2D eigenvalue weighted by Gasteiger charge is 2.31.